The zero-order valence-corrected chi connectivity index (χ0v) is 16.4. The van der Waals surface area contributed by atoms with Crippen molar-refractivity contribution in [1.29, 1.82) is 0 Å². The largest absolute Gasteiger partial charge is 0.444 e. The molecule has 1 aromatic rings. The first-order chi connectivity index (χ1) is 11.5. The van der Waals surface area contributed by atoms with Gasteiger partial charge in [-0.25, -0.2) is 19.5 Å². The quantitative estimate of drug-likeness (QED) is 0.794. The monoisotopic (exact) mass is 370 g/mol. The Kier molecular flexibility index (Phi) is 5.55. The fourth-order valence-electron chi connectivity index (χ4n) is 2.41. The van der Waals surface area contributed by atoms with Crippen LogP contribution >= 0.6 is 11.5 Å². The van der Waals surface area contributed by atoms with Crippen molar-refractivity contribution in [2.75, 3.05) is 18.0 Å². The summed E-state index contributed by atoms with van der Waals surface area (Å²) in [5, 5.41) is 0.463. The molecular weight excluding hydrogens is 344 g/mol. The first kappa shape index (κ1) is 19.4. The van der Waals surface area contributed by atoms with Gasteiger partial charge in [0.2, 0.25) is 5.13 Å². The molecule has 140 valence electrons. The lowest BCUT2D eigenvalue weighted by atomic mass is 10.2. The molecule has 25 heavy (non-hydrogen) atoms. The molecule has 1 unspecified atom stereocenters. The van der Waals surface area contributed by atoms with Crippen LogP contribution in [0.4, 0.5) is 14.7 Å². The molecule has 1 aromatic heterocycles. The van der Waals surface area contributed by atoms with Crippen LogP contribution in [-0.2, 0) is 9.47 Å². The van der Waals surface area contributed by atoms with Crippen LogP contribution in [0.5, 0.6) is 0 Å². The summed E-state index contributed by atoms with van der Waals surface area (Å²) in [6.45, 7) is 11.8. The summed E-state index contributed by atoms with van der Waals surface area (Å²) in [7, 11) is 0. The van der Waals surface area contributed by atoms with E-state index >= 15 is 0 Å². The van der Waals surface area contributed by atoms with Crippen molar-refractivity contribution < 1.29 is 19.1 Å². The number of anilines is 1. The Balaban J connectivity index is 2.12. The van der Waals surface area contributed by atoms with Crippen LogP contribution in [0.2, 0.25) is 0 Å². The van der Waals surface area contributed by atoms with Gasteiger partial charge in [0.05, 0.1) is 6.04 Å². The van der Waals surface area contributed by atoms with Crippen LogP contribution in [0, 0.1) is 0 Å². The predicted octanol–water partition coefficient (Wildman–Crippen LogP) is 3.29. The fourth-order valence-corrected chi connectivity index (χ4v) is 3.01. The second-order valence-electron chi connectivity index (χ2n) is 7.94. The van der Waals surface area contributed by atoms with E-state index in [9.17, 15) is 9.59 Å². The number of hydrogen-bond donors (Lipinski definition) is 0. The van der Waals surface area contributed by atoms with Gasteiger partial charge >= 0.3 is 12.2 Å². The van der Waals surface area contributed by atoms with Crippen molar-refractivity contribution in [3.8, 4) is 0 Å². The molecule has 1 atom stereocenters. The maximum atomic E-state index is 12.7. The number of carbonyl (C=O) groups excluding carboxylic acids is 2. The van der Waals surface area contributed by atoms with Crippen molar-refractivity contribution in [3.05, 3.63) is 6.33 Å². The molecule has 8 nitrogen and oxygen atoms in total. The number of aromatic nitrogens is 2. The van der Waals surface area contributed by atoms with Gasteiger partial charge in [0.25, 0.3) is 0 Å². The molecule has 0 spiro atoms. The van der Waals surface area contributed by atoms with Gasteiger partial charge in [-0.15, -0.1) is 0 Å². The summed E-state index contributed by atoms with van der Waals surface area (Å²) in [4.78, 5) is 32.2. The van der Waals surface area contributed by atoms with Crippen molar-refractivity contribution in [3.63, 3.8) is 0 Å². The lowest BCUT2D eigenvalue weighted by Crippen LogP contribution is -2.45. The lowest BCUT2D eigenvalue weighted by Gasteiger charge is -2.29. The number of rotatable bonds is 2. The van der Waals surface area contributed by atoms with E-state index in [0.717, 1.165) is 11.5 Å². The Bertz CT molecular complexity index is 607. The lowest BCUT2D eigenvalue weighted by molar-refractivity contribution is 0.0287. The van der Waals surface area contributed by atoms with Crippen LogP contribution in [0.15, 0.2) is 6.33 Å². The van der Waals surface area contributed by atoms with Gasteiger partial charge in [-0.05, 0) is 48.0 Å². The Hall–Kier alpha value is -1.90. The molecule has 9 heteroatoms. The molecule has 0 bridgehead atoms. The summed E-state index contributed by atoms with van der Waals surface area (Å²) in [5.74, 6) is 0. The Morgan fingerprint density at radius 3 is 2.36 bits per heavy atom. The third kappa shape index (κ3) is 5.55. The summed E-state index contributed by atoms with van der Waals surface area (Å²) < 4.78 is 14.9. The zero-order chi connectivity index (χ0) is 18.8. The number of nitrogens with zero attached hydrogens (tertiary/aromatic N) is 4. The topological polar surface area (TPSA) is 84.9 Å². The van der Waals surface area contributed by atoms with Gasteiger partial charge in [0.1, 0.15) is 17.5 Å². The zero-order valence-electron chi connectivity index (χ0n) is 15.6. The maximum absolute atomic E-state index is 12.7. The van der Waals surface area contributed by atoms with Crippen LogP contribution in [0.3, 0.4) is 0 Å². The summed E-state index contributed by atoms with van der Waals surface area (Å²) in [6.07, 6.45) is 1.16. The van der Waals surface area contributed by atoms with E-state index in [0.29, 0.717) is 24.6 Å². The molecule has 0 N–H and O–H groups in total. The minimum Gasteiger partial charge on any atom is -0.444 e. The van der Waals surface area contributed by atoms with Gasteiger partial charge in [0.15, 0.2) is 0 Å². The molecule has 1 aliphatic rings. The van der Waals surface area contributed by atoms with Gasteiger partial charge in [-0.1, -0.05) is 0 Å². The highest BCUT2D eigenvalue weighted by Gasteiger charge is 2.38. The first-order valence-corrected chi connectivity index (χ1v) is 9.00. The Morgan fingerprint density at radius 1 is 1.20 bits per heavy atom. The van der Waals surface area contributed by atoms with Crippen LogP contribution in [0.1, 0.15) is 48.0 Å². The fraction of sp³-hybridized carbons (Fsp3) is 0.750. The Labute approximate surface area is 152 Å². The molecule has 2 rings (SSSR count). The third-order valence-corrected chi connectivity index (χ3v) is 3.99. The minimum absolute atomic E-state index is 0.227. The highest BCUT2D eigenvalue weighted by Crippen LogP contribution is 2.27. The van der Waals surface area contributed by atoms with Crippen molar-refractivity contribution in [1.82, 2.24) is 14.3 Å². The number of carbonyl (C=O) groups is 2. The van der Waals surface area contributed by atoms with E-state index < -0.39 is 17.3 Å². The number of hydrogen-bond acceptors (Lipinski definition) is 7. The van der Waals surface area contributed by atoms with Crippen molar-refractivity contribution in [2.45, 2.75) is 65.2 Å². The second-order valence-corrected chi connectivity index (χ2v) is 8.70. The SMILES string of the molecule is CC(C)(C)OC(=O)N1CCC(N(C(=O)OC(C)(C)C)c2ncns2)C1. The molecule has 0 aromatic carbocycles. The van der Waals surface area contributed by atoms with Crippen LogP contribution in [0.25, 0.3) is 0 Å². The summed E-state index contributed by atoms with van der Waals surface area (Å²) in [6, 6.07) is -0.227. The standard InChI is InChI=1S/C16H26N4O4S/c1-15(2,3)23-13(21)19-8-7-11(9-19)20(12-17-10-18-25-12)14(22)24-16(4,5)6/h10-11H,7-9H2,1-6H3. The van der Waals surface area contributed by atoms with Crippen molar-refractivity contribution in [2.24, 2.45) is 0 Å². The Morgan fingerprint density at radius 2 is 1.84 bits per heavy atom. The first-order valence-electron chi connectivity index (χ1n) is 8.23. The molecule has 1 saturated heterocycles. The van der Waals surface area contributed by atoms with E-state index in [1.165, 1.54) is 11.2 Å². The van der Waals surface area contributed by atoms with E-state index in [1.54, 1.807) is 4.90 Å². The van der Waals surface area contributed by atoms with E-state index in [-0.39, 0.29) is 12.1 Å². The summed E-state index contributed by atoms with van der Waals surface area (Å²) >= 11 is 1.12. The van der Waals surface area contributed by atoms with Crippen molar-refractivity contribution >= 4 is 28.9 Å². The number of amides is 2. The van der Waals surface area contributed by atoms with Gasteiger partial charge < -0.3 is 14.4 Å². The number of ether oxygens (including phenoxy) is 2. The highest BCUT2D eigenvalue weighted by molar-refractivity contribution is 7.09. The van der Waals surface area contributed by atoms with Gasteiger partial charge in [-0.3, -0.25) is 0 Å². The third-order valence-electron chi connectivity index (χ3n) is 3.33. The molecule has 1 aliphatic heterocycles. The van der Waals surface area contributed by atoms with Crippen LogP contribution in [-0.4, -0.2) is 56.8 Å². The predicted molar refractivity (Wildman–Crippen MR) is 94.8 cm³/mol. The van der Waals surface area contributed by atoms with E-state index in [2.05, 4.69) is 9.36 Å². The average molecular weight is 370 g/mol. The molecule has 1 fully saturated rings. The molecule has 0 saturated carbocycles. The maximum Gasteiger partial charge on any atom is 0.417 e. The molecule has 0 aliphatic carbocycles. The molecule has 2 heterocycles. The molecular formula is C16H26N4O4S. The smallest absolute Gasteiger partial charge is 0.417 e. The average Bonchev–Trinajstić information content (AvgIpc) is 3.06. The highest BCUT2D eigenvalue weighted by atomic mass is 32.1. The molecule has 2 amide bonds. The van der Waals surface area contributed by atoms with E-state index in [1.807, 2.05) is 41.5 Å². The normalized spacial score (nSPS) is 18.2. The number of likely N-dealkylation sites (tertiary alicyclic amines) is 1. The van der Waals surface area contributed by atoms with Gasteiger partial charge in [0, 0.05) is 24.6 Å². The van der Waals surface area contributed by atoms with E-state index in [4.69, 9.17) is 9.47 Å². The van der Waals surface area contributed by atoms with Crippen LogP contribution < -0.4 is 4.90 Å². The molecule has 0 radical (unpaired) electrons. The van der Waals surface area contributed by atoms with Gasteiger partial charge in [-0.2, -0.15) is 4.37 Å². The summed E-state index contributed by atoms with van der Waals surface area (Å²) in [5.41, 5.74) is -1.18. The second kappa shape index (κ2) is 7.15. The minimum atomic E-state index is -0.622.